The molecule has 0 aromatic heterocycles. The molecule has 0 aliphatic rings. The number of amides is 1. The largest absolute Gasteiger partial charge is 0.480 e. The highest BCUT2D eigenvalue weighted by Gasteiger charge is 2.57. The lowest BCUT2D eigenvalue weighted by Gasteiger charge is -2.28. The summed E-state index contributed by atoms with van der Waals surface area (Å²) in [6.45, 7) is 0.162. The second-order valence-corrected chi connectivity index (χ2v) is 3.89. The zero-order valence-corrected chi connectivity index (χ0v) is 9.76. The van der Waals surface area contributed by atoms with E-state index in [9.17, 15) is 22.8 Å². The molecule has 0 bridgehead atoms. The molecule has 0 rings (SSSR count). The second kappa shape index (κ2) is 5.35. The first-order chi connectivity index (χ1) is 7.52. The summed E-state index contributed by atoms with van der Waals surface area (Å²) >= 11 is 0. The first-order valence-corrected chi connectivity index (χ1v) is 4.77. The Hall–Kier alpha value is -1.31. The lowest BCUT2D eigenvalue weighted by molar-refractivity contribution is -0.206. The number of carbonyl (C=O) groups excluding carboxylic acids is 1. The predicted molar refractivity (Wildman–Crippen MR) is 53.4 cm³/mol. The molecule has 0 spiro atoms. The topological polar surface area (TPSA) is 69.6 Å². The van der Waals surface area contributed by atoms with Gasteiger partial charge in [-0.2, -0.15) is 13.2 Å². The Morgan fingerprint density at radius 3 is 2.06 bits per heavy atom. The summed E-state index contributed by atoms with van der Waals surface area (Å²) in [6.07, 6.45) is -5.13. The summed E-state index contributed by atoms with van der Waals surface area (Å²) in [5.74, 6) is -2.41. The highest BCUT2D eigenvalue weighted by Crippen LogP contribution is 2.30. The van der Waals surface area contributed by atoms with Crippen molar-refractivity contribution in [3.8, 4) is 0 Å². The van der Waals surface area contributed by atoms with E-state index < -0.39 is 17.7 Å². The Morgan fingerprint density at radius 1 is 1.29 bits per heavy atom. The molecule has 5 nitrogen and oxygen atoms in total. The van der Waals surface area contributed by atoms with Crippen molar-refractivity contribution in [1.82, 2.24) is 10.2 Å². The maximum atomic E-state index is 12.5. The Bertz CT molecular complexity index is 304. The van der Waals surface area contributed by atoms with Crippen LogP contribution in [0.1, 0.15) is 13.3 Å². The minimum Gasteiger partial charge on any atom is -0.480 e. The number of rotatable bonds is 5. The molecular formula is C9H15F3N2O3. The molecule has 2 N–H and O–H groups in total. The number of aliphatic carboxylic acids is 1. The Balaban J connectivity index is 4.51. The van der Waals surface area contributed by atoms with Crippen LogP contribution in [-0.2, 0) is 9.59 Å². The molecule has 0 aromatic carbocycles. The van der Waals surface area contributed by atoms with Crippen LogP contribution in [0.25, 0.3) is 0 Å². The molecule has 0 radical (unpaired) electrons. The van der Waals surface area contributed by atoms with Gasteiger partial charge in [-0.25, -0.2) is 4.79 Å². The van der Waals surface area contributed by atoms with Crippen LogP contribution in [-0.4, -0.2) is 54.2 Å². The van der Waals surface area contributed by atoms with E-state index in [-0.39, 0.29) is 18.9 Å². The highest BCUT2D eigenvalue weighted by atomic mass is 19.4. The van der Waals surface area contributed by atoms with Gasteiger partial charge in [0.05, 0.1) is 0 Å². The van der Waals surface area contributed by atoms with Crippen molar-refractivity contribution < 1.29 is 27.9 Å². The van der Waals surface area contributed by atoms with E-state index in [1.165, 1.54) is 19.0 Å². The van der Waals surface area contributed by atoms with Gasteiger partial charge in [0.15, 0.2) is 0 Å². The third-order valence-electron chi connectivity index (χ3n) is 2.31. The summed E-state index contributed by atoms with van der Waals surface area (Å²) < 4.78 is 37.5. The number of carbonyl (C=O) groups is 2. The molecule has 0 aliphatic heterocycles. The number of nitrogens with zero attached hydrogens (tertiary/aromatic N) is 1. The summed E-state index contributed by atoms with van der Waals surface area (Å²) in [7, 11) is 2.92. The average Bonchev–Trinajstić information content (AvgIpc) is 2.14. The third kappa shape index (κ3) is 3.88. The van der Waals surface area contributed by atoms with E-state index in [1.807, 2.05) is 5.32 Å². The maximum Gasteiger partial charge on any atom is 0.417 e. The molecule has 8 heteroatoms. The number of nitrogens with one attached hydrogen (secondary N) is 1. The van der Waals surface area contributed by atoms with Crippen molar-refractivity contribution in [1.29, 1.82) is 0 Å². The molecule has 0 heterocycles. The van der Waals surface area contributed by atoms with E-state index in [0.717, 1.165) is 0 Å². The van der Waals surface area contributed by atoms with Gasteiger partial charge in [-0.3, -0.25) is 10.1 Å². The smallest absolute Gasteiger partial charge is 0.417 e. The van der Waals surface area contributed by atoms with Crippen molar-refractivity contribution in [2.45, 2.75) is 25.1 Å². The minimum absolute atomic E-state index is 0.202. The van der Waals surface area contributed by atoms with Gasteiger partial charge in [0, 0.05) is 27.1 Å². The van der Waals surface area contributed by atoms with Crippen LogP contribution in [0.15, 0.2) is 0 Å². The van der Waals surface area contributed by atoms with Gasteiger partial charge in [-0.15, -0.1) is 0 Å². The standard InChI is InChI=1S/C9H15F3N2O3/c1-8(7(16)17,9(10,11)12)13-5-4-6(15)14(2)3/h13H,4-5H2,1-3H3,(H,16,17). The number of hydrogen-bond donors (Lipinski definition) is 2. The zero-order valence-electron chi connectivity index (χ0n) is 9.76. The summed E-state index contributed by atoms with van der Waals surface area (Å²) in [5.41, 5.74) is -3.04. The molecule has 1 amide bonds. The molecule has 0 aromatic rings. The molecular weight excluding hydrogens is 241 g/mol. The average molecular weight is 256 g/mol. The number of carboxylic acids is 1. The van der Waals surface area contributed by atoms with Crippen LogP contribution in [0, 0.1) is 0 Å². The van der Waals surface area contributed by atoms with Gasteiger partial charge in [-0.1, -0.05) is 0 Å². The first kappa shape index (κ1) is 15.7. The molecule has 100 valence electrons. The number of alkyl halides is 3. The lowest BCUT2D eigenvalue weighted by Crippen LogP contribution is -2.60. The molecule has 1 atom stereocenters. The fourth-order valence-corrected chi connectivity index (χ4v) is 0.940. The van der Waals surface area contributed by atoms with Crippen LogP contribution >= 0.6 is 0 Å². The molecule has 0 fully saturated rings. The van der Waals surface area contributed by atoms with Gasteiger partial charge in [-0.05, 0) is 6.92 Å². The van der Waals surface area contributed by atoms with Crippen molar-refractivity contribution >= 4 is 11.9 Å². The van der Waals surface area contributed by atoms with E-state index in [0.29, 0.717) is 6.92 Å². The molecule has 0 saturated carbocycles. The molecule has 17 heavy (non-hydrogen) atoms. The number of halogens is 3. The Morgan fingerprint density at radius 2 is 1.76 bits per heavy atom. The normalized spacial score (nSPS) is 15.2. The van der Waals surface area contributed by atoms with Crippen LogP contribution in [0.5, 0.6) is 0 Å². The van der Waals surface area contributed by atoms with E-state index >= 15 is 0 Å². The van der Waals surface area contributed by atoms with Crippen LogP contribution in [0.3, 0.4) is 0 Å². The highest BCUT2D eigenvalue weighted by molar-refractivity contribution is 5.80. The number of hydrogen-bond acceptors (Lipinski definition) is 3. The zero-order chi connectivity index (χ0) is 13.9. The van der Waals surface area contributed by atoms with Crippen molar-refractivity contribution in [2.24, 2.45) is 0 Å². The Kier molecular flexibility index (Phi) is 4.94. The van der Waals surface area contributed by atoms with Gasteiger partial charge >= 0.3 is 12.1 Å². The fraction of sp³-hybridized carbons (Fsp3) is 0.778. The minimum atomic E-state index is -4.93. The van der Waals surface area contributed by atoms with Crippen molar-refractivity contribution in [2.75, 3.05) is 20.6 Å². The summed E-state index contributed by atoms with van der Waals surface area (Å²) in [6, 6.07) is 0. The summed E-state index contributed by atoms with van der Waals surface area (Å²) in [4.78, 5) is 22.9. The van der Waals surface area contributed by atoms with Crippen molar-refractivity contribution in [3.63, 3.8) is 0 Å². The van der Waals surface area contributed by atoms with Crippen LogP contribution in [0.2, 0.25) is 0 Å². The Labute approximate surface area is 96.6 Å². The van der Waals surface area contributed by atoms with Gasteiger partial charge in [0.25, 0.3) is 0 Å². The second-order valence-electron chi connectivity index (χ2n) is 3.89. The quantitative estimate of drug-likeness (QED) is 0.749. The first-order valence-electron chi connectivity index (χ1n) is 4.77. The maximum absolute atomic E-state index is 12.5. The number of carboxylic acid groups (broad SMARTS) is 1. The molecule has 0 aliphatic carbocycles. The van der Waals surface area contributed by atoms with E-state index in [4.69, 9.17) is 5.11 Å². The SMILES string of the molecule is CN(C)C(=O)CCNC(C)(C(=O)O)C(F)(F)F. The van der Waals surface area contributed by atoms with E-state index in [2.05, 4.69) is 0 Å². The summed E-state index contributed by atoms with van der Waals surface area (Å²) in [5, 5.41) is 10.4. The van der Waals surface area contributed by atoms with Gasteiger partial charge < -0.3 is 10.0 Å². The van der Waals surface area contributed by atoms with E-state index in [1.54, 1.807) is 0 Å². The fourth-order valence-electron chi connectivity index (χ4n) is 0.940. The molecule has 0 saturated heterocycles. The van der Waals surface area contributed by atoms with Gasteiger partial charge in [0.1, 0.15) is 0 Å². The predicted octanol–water partition coefficient (Wildman–Crippen LogP) is 0.460. The van der Waals surface area contributed by atoms with Crippen LogP contribution < -0.4 is 5.32 Å². The van der Waals surface area contributed by atoms with Gasteiger partial charge in [0.2, 0.25) is 11.4 Å². The van der Waals surface area contributed by atoms with Crippen molar-refractivity contribution in [3.05, 3.63) is 0 Å². The van der Waals surface area contributed by atoms with Crippen LogP contribution in [0.4, 0.5) is 13.2 Å². The molecule has 1 unspecified atom stereocenters. The lowest BCUT2D eigenvalue weighted by atomic mass is 10.0. The monoisotopic (exact) mass is 256 g/mol. The third-order valence-corrected chi connectivity index (χ3v) is 2.31.